The predicted molar refractivity (Wildman–Crippen MR) is 73.6 cm³/mol. The molecule has 3 rings (SSSR count). The van der Waals surface area contributed by atoms with Crippen molar-refractivity contribution in [1.82, 2.24) is 10.2 Å². The minimum atomic E-state index is -5.10. The van der Waals surface area contributed by atoms with Gasteiger partial charge in [0.05, 0.1) is 23.2 Å². The van der Waals surface area contributed by atoms with E-state index in [-0.39, 0.29) is 30.6 Å². The molecular weight excluding hydrogens is 327 g/mol. The van der Waals surface area contributed by atoms with Crippen molar-refractivity contribution in [1.29, 1.82) is 5.26 Å². The van der Waals surface area contributed by atoms with E-state index < -0.39 is 30.3 Å². The molecule has 2 aliphatic rings. The summed E-state index contributed by atoms with van der Waals surface area (Å²) in [5.41, 5.74) is 1.04. The van der Waals surface area contributed by atoms with E-state index in [2.05, 4.69) is 10.1 Å². The van der Waals surface area contributed by atoms with Crippen molar-refractivity contribution in [3.05, 3.63) is 34.9 Å². The molecule has 0 radical (unpaired) electrons. The molecule has 2 aliphatic heterocycles. The third kappa shape index (κ3) is 2.69. The number of hydrogen-bond acceptors (Lipinski definition) is 5. The van der Waals surface area contributed by atoms with Crippen LogP contribution in [-0.4, -0.2) is 48.3 Å². The van der Waals surface area contributed by atoms with Crippen LogP contribution in [0.25, 0.3) is 0 Å². The fourth-order valence-electron chi connectivity index (χ4n) is 3.05. The van der Waals surface area contributed by atoms with Gasteiger partial charge in [-0.15, -0.1) is 0 Å². The number of halogens is 3. The minimum Gasteiger partial charge on any atom is -0.438 e. The SMILES string of the molecule is N#Cc1cccc2c1C(=O)N1CCNC(OC(=O)C(F)(F)F)[C@H]1C2. The molecule has 0 aliphatic carbocycles. The van der Waals surface area contributed by atoms with Crippen LogP contribution in [0.5, 0.6) is 0 Å². The number of nitrogens with one attached hydrogen (secondary N) is 1. The third-order valence-corrected chi connectivity index (χ3v) is 4.09. The molecule has 0 bridgehead atoms. The van der Waals surface area contributed by atoms with E-state index in [9.17, 15) is 22.8 Å². The number of nitrogens with zero attached hydrogens (tertiary/aromatic N) is 2. The number of hydrogen-bond donors (Lipinski definition) is 1. The van der Waals surface area contributed by atoms with Crippen molar-refractivity contribution < 1.29 is 27.5 Å². The van der Waals surface area contributed by atoms with Crippen LogP contribution in [-0.2, 0) is 16.0 Å². The molecule has 6 nitrogen and oxygen atoms in total. The van der Waals surface area contributed by atoms with Gasteiger partial charge in [0.1, 0.15) is 0 Å². The zero-order chi connectivity index (χ0) is 17.5. The topological polar surface area (TPSA) is 82.4 Å². The van der Waals surface area contributed by atoms with Gasteiger partial charge in [-0.2, -0.15) is 18.4 Å². The second kappa shape index (κ2) is 5.79. The van der Waals surface area contributed by atoms with Crippen molar-refractivity contribution in [3.8, 4) is 6.07 Å². The highest BCUT2D eigenvalue weighted by molar-refractivity contribution is 5.99. The molecule has 0 aromatic heterocycles. The molecule has 1 amide bonds. The summed E-state index contributed by atoms with van der Waals surface area (Å²) in [7, 11) is 0. The Morgan fingerprint density at radius 3 is 2.83 bits per heavy atom. The van der Waals surface area contributed by atoms with Crippen molar-refractivity contribution in [3.63, 3.8) is 0 Å². The summed E-state index contributed by atoms with van der Waals surface area (Å²) in [4.78, 5) is 25.1. The number of carbonyl (C=O) groups excluding carboxylic acids is 2. The Bertz CT molecular complexity index is 742. The summed E-state index contributed by atoms with van der Waals surface area (Å²) in [5.74, 6) is -2.74. The second-order valence-electron chi connectivity index (χ2n) is 5.50. The van der Waals surface area contributed by atoms with E-state index >= 15 is 0 Å². The van der Waals surface area contributed by atoms with Crippen molar-refractivity contribution in [2.24, 2.45) is 0 Å². The van der Waals surface area contributed by atoms with Crippen LogP contribution < -0.4 is 5.32 Å². The van der Waals surface area contributed by atoms with Gasteiger partial charge in [-0.1, -0.05) is 12.1 Å². The number of rotatable bonds is 1. The lowest BCUT2D eigenvalue weighted by atomic mass is 9.88. The molecule has 0 saturated carbocycles. The van der Waals surface area contributed by atoms with E-state index in [1.807, 2.05) is 6.07 Å². The van der Waals surface area contributed by atoms with E-state index in [0.717, 1.165) is 0 Å². The summed E-state index contributed by atoms with van der Waals surface area (Å²) in [6, 6.07) is 5.96. The number of esters is 1. The normalized spacial score (nSPS) is 23.1. The Labute approximate surface area is 134 Å². The van der Waals surface area contributed by atoms with Gasteiger partial charge < -0.3 is 9.64 Å². The zero-order valence-corrected chi connectivity index (χ0v) is 12.3. The molecule has 9 heteroatoms. The lowest BCUT2D eigenvalue weighted by Crippen LogP contribution is -2.63. The fourth-order valence-corrected chi connectivity index (χ4v) is 3.05. The van der Waals surface area contributed by atoms with Crippen LogP contribution in [0.1, 0.15) is 21.5 Å². The summed E-state index contributed by atoms with van der Waals surface area (Å²) in [5, 5.41) is 11.8. The van der Waals surface area contributed by atoms with Crippen molar-refractivity contribution in [2.75, 3.05) is 13.1 Å². The van der Waals surface area contributed by atoms with E-state index in [0.29, 0.717) is 5.56 Å². The zero-order valence-electron chi connectivity index (χ0n) is 12.3. The van der Waals surface area contributed by atoms with Gasteiger partial charge in [0.2, 0.25) is 0 Å². The molecule has 2 atom stereocenters. The molecule has 1 saturated heterocycles. The number of carbonyl (C=O) groups is 2. The maximum atomic E-state index is 12.6. The first-order valence-electron chi connectivity index (χ1n) is 7.17. The molecule has 1 fully saturated rings. The minimum absolute atomic E-state index is 0.183. The fraction of sp³-hybridized carbons (Fsp3) is 0.400. The van der Waals surface area contributed by atoms with Gasteiger partial charge in [-0.05, 0) is 18.1 Å². The molecule has 24 heavy (non-hydrogen) atoms. The number of amides is 1. The molecular formula is C15H12F3N3O3. The number of piperazine rings is 1. The smallest absolute Gasteiger partial charge is 0.438 e. The largest absolute Gasteiger partial charge is 0.490 e. The first-order chi connectivity index (χ1) is 11.3. The summed E-state index contributed by atoms with van der Waals surface area (Å²) >= 11 is 0. The Balaban J connectivity index is 1.91. The number of ether oxygens (including phenoxy) is 1. The number of alkyl halides is 3. The van der Waals surface area contributed by atoms with E-state index in [4.69, 9.17) is 5.26 Å². The monoisotopic (exact) mass is 339 g/mol. The molecule has 1 aromatic rings. The Kier molecular flexibility index (Phi) is 3.93. The first-order valence-corrected chi connectivity index (χ1v) is 7.17. The standard InChI is InChI=1S/C15H12F3N3O3/c16-15(17,18)14(23)24-12-10-6-8-2-1-3-9(7-19)11(8)13(22)21(10)5-4-20-12/h1-3,10,12,20H,4-6H2/t10-,12?/m1/s1. The maximum absolute atomic E-state index is 12.6. The summed E-state index contributed by atoms with van der Waals surface area (Å²) in [6.45, 7) is 0.435. The first kappa shape index (κ1) is 16.3. The van der Waals surface area contributed by atoms with E-state index in [1.54, 1.807) is 12.1 Å². The lowest BCUT2D eigenvalue weighted by Gasteiger charge is -2.44. The molecule has 0 spiro atoms. The van der Waals surface area contributed by atoms with Gasteiger partial charge in [-0.25, -0.2) is 4.79 Å². The highest BCUT2D eigenvalue weighted by atomic mass is 19.4. The Morgan fingerprint density at radius 2 is 2.17 bits per heavy atom. The number of fused-ring (bicyclic) bond motifs is 2. The van der Waals surface area contributed by atoms with Gasteiger partial charge in [0, 0.05) is 13.1 Å². The lowest BCUT2D eigenvalue weighted by molar-refractivity contribution is -0.210. The highest BCUT2D eigenvalue weighted by Crippen LogP contribution is 2.30. The van der Waals surface area contributed by atoms with Crippen LogP contribution in [0.4, 0.5) is 13.2 Å². The molecule has 1 unspecified atom stereocenters. The van der Waals surface area contributed by atoms with Gasteiger partial charge in [-0.3, -0.25) is 10.1 Å². The molecule has 2 heterocycles. The predicted octanol–water partition coefficient (Wildman–Crippen LogP) is 0.960. The Morgan fingerprint density at radius 1 is 1.42 bits per heavy atom. The van der Waals surface area contributed by atoms with Crippen LogP contribution >= 0.6 is 0 Å². The third-order valence-electron chi connectivity index (χ3n) is 4.09. The van der Waals surface area contributed by atoms with Gasteiger partial charge >= 0.3 is 12.1 Å². The van der Waals surface area contributed by atoms with Crippen molar-refractivity contribution >= 4 is 11.9 Å². The van der Waals surface area contributed by atoms with Gasteiger partial charge in [0.25, 0.3) is 5.91 Å². The maximum Gasteiger partial charge on any atom is 0.490 e. The molecule has 1 aromatic carbocycles. The van der Waals surface area contributed by atoms with Crippen LogP contribution in [0.15, 0.2) is 18.2 Å². The van der Waals surface area contributed by atoms with E-state index in [1.165, 1.54) is 11.0 Å². The average molecular weight is 339 g/mol. The van der Waals surface area contributed by atoms with Crippen LogP contribution in [0.2, 0.25) is 0 Å². The van der Waals surface area contributed by atoms with Crippen LogP contribution in [0, 0.1) is 11.3 Å². The summed E-state index contributed by atoms with van der Waals surface area (Å²) < 4.78 is 41.8. The second-order valence-corrected chi connectivity index (χ2v) is 5.50. The number of nitriles is 1. The molecule has 126 valence electrons. The number of benzene rings is 1. The average Bonchev–Trinajstić information content (AvgIpc) is 2.54. The Hall–Kier alpha value is -2.60. The molecule has 1 N–H and O–H groups in total. The van der Waals surface area contributed by atoms with Crippen LogP contribution in [0.3, 0.4) is 0 Å². The van der Waals surface area contributed by atoms with Gasteiger partial charge in [0.15, 0.2) is 6.23 Å². The van der Waals surface area contributed by atoms with Crippen molar-refractivity contribution in [2.45, 2.75) is 24.9 Å². The highest BCUT2D eigenvalue weighted by Gasteiger charge is 2.47. The summed E-state index contributed by atoms with van der Waals surface area (Å²) in [6.07, 6.45) is -6.16. The quantitative estimate of drug-likeness (QED) is 0.771.